The van der Waals surface area contributed by atoms with Crippen LogP contribution in [0, 0.1) is 17.8 Å². The van der Waals surface area contributed by atoms with Crippen LogP contribution in [0.25, 0.3) is 0 Å². The molecule has 0 aromatic rings. The first-order valence-electron chi connectivity index (χ1n) is 6.65. The van der Waals surface area contributed by atoms with Crippen molar-refractivity contribution >= 4 is 5.91 Å². The lowest BCUT2D eigenvalue weighted by molar-refractivity contribution is -0.127. The van der Waals surface area contributed by atoms with E-state index in [0.717, 1.165) is 18.8 Å². The molecule has 4 unspecified atom stereocenters. The maximum Gasteiger partial charge on any atom is 0.223 e. The van der Waals surface area contributed by atoms with E-state index in [1.807, 2.05) is 0 Å². The van der Waals surface area contributed by atoms with E-state index in [9.17, 15) is 4.79 Å². The van der Waals surface area contributed by atoms with Crippen molar-refractivity contribution in [2.45, 2.75) is 51.5 Å². The summed E-state index contributed by atoms with van der Waals surface area (Å²) in [4.78, 5) is 12.1. The van der Waals surface area contributed by atoms with Crippen LogP contribution < -0.4 is 5.32 Å². The van der Waals surface area contributed by atoms with Gasteiger partial charge in [-0.15, -0.1) is 0 Å². The molecule has 2 rings (SSSR count). The Balaban J connectivity index is 1.83. The normalized spacial score (nSPS) is 34.0. The second kappa shape index (κ2) is 5.17. The van der Waals surface area contributed by atoms with Gasteiger partial charge in [-0.1, -0.05) is 13.3 Å². The van der Waals surface area contributed by atoms with Gasteiger partial charge in [0.25, 0.3) is 0 Å². The fourth-order valence-corrected chi connectivity index (χ4v) is 3.41. The highest BCUT2D eigenvalue weighted by atomic mass is 16.3. The van der Waals surface area contributed by atoms with Gasteiger partial charge in [0.2, 0.25) is 5.91 Å². The summed E-state index contributed by atoms with van der Waals surface area (Å²) in [6.45, 7) is 2.22. The average Bonchev–Trinajstić information content (AvgIpc) is 2.89. The SMILES string of the molecule is CCC(CCO)NC(=O)C1CC2CCC1C2. The lowest BCUT2D eigenvalue weighted by Gasteiger charge is -2.24. The number of amides is 1. The van der Waals surface area contributed by atoms with Crippen molar-refractivity contribution in [1.82, 2.24) is 5.32 Å². The van der Waals surface area contributed by atoms with Crippen LogP contribution in [0.5, 0.6) is 0 Å². The van der Waals surface area contributed by atoms with Gasteiger partial charge in [-0.25, -0.2) is 0 Å². The Morgan fingerprint density at radius 1 is 1.44 bits per heavy atom. The van der Waals surface area contributed by atoms with Crippen LogP contribution in [0.15, 0.2) is 0 Å². The van der Waals surface area contributed by atoms with Gasteiger partial charge in [-0.05, 0) is 43.9 Å². The number of hydrogen-bond acceptors (Lipinski definition) is 2. The molecule has 2 fully saturated rings. The van der Waals surface area contributed by atoms with Crippen molar-refractivity contribution < 1.29 is 9.90 Å². The van der Waals surface area contributed by atoms with Crippen molar-refractivity contribution in [2.75, 3.05) is 6.61 Å². The Hall–Kier alpha value is -0.570. The number of carbonyl (C=O) groups excluding carboxylic acids is 1. The quantitative estimate of drug-likeness (QED) is 0.748. The second-order valence-electron chi connectivity index (χ2n) is 5.41. The van der Waals surface area contributed by atoms with Crippen LogP contribution in [-0.2, 0) is 4.79 Å². The number of carbonyl (C=O) groups is 1. The number of aliphatic hydroxyl groups is 1. The second-order valence-corrected chi connectivity index (χ2v) is 5.41. The van der Waals surface area contributed by atoms with Gasteiger partial charge >= 0.3 is 0 Å². The lowest BCUT2D eigenvalue weighted by Crippen LogP contribution is -2.40. The minimum atomic E-state index is 0.162. The summed E-state index contributed by atoms with van der Waals surface area (Å²) in [6.07, 6.45) is 6.55. The Morgan fingerprint density at radius 3 is 2.75 bits per heavy atom. The van der Waals surface area contributed by atoms with Gasteiger partial charge in [0, 0.05) is 18.6 Å². The Labute approximate surface area is 97.6 Å². The zero-order valence-electron chi connectivity index (χ0n) is 10.1. The van der Waals surface area contributed by atoms with Crippen molar-refractivity contribution in [2.24, 2.45) is 17.8 Å². The average molecular weight is 225 g/mol. The van der Waals surface area contributed by atoms with E-state index < -0.39 is 0 Å². The molecule has 3 nitrogen and oxygen atoms in total. The molecule has 0 spiro atoms. The highest BCUT2D eigenvalue weighted by molar-refractivity contribution is 5.79. The molecule has 92 valence electrons. The maximum atomic E-state index is 12.1. The van der Waals surface area contributed by atoms with Crippen molar-refractivity contribution in [3.8, 4) is 0 Å². The first-order chi connectivity index (χ1) is 7.74. The summed E-state index contributed by atoms with van der Waals surface area (Å²) in [7, 11) is 0. The van der Waals surface area contributed by atoms with Gasteiger partial charge in [0.05, 0.1) is 0 Å². The predicted octanol–water partition coefficient (Wildman–Crippen LogP) is 1.70. The molecule has 2 bridgehead atoms. The zero-order valence-corrected chi connectivity index (χ0v) is 10.1. The van der Waals surface area contributed by atoms with Crippen LogP contribution in [0.2, 0.25) is 0 Å². The molecule has 16 heavy (non-hydrogen) atoms. The van der Waals surface area contributed by atoms with Crippen molar-refractivity contribution in [3.05, 3.63) is 0 Å². The summed E-state index contributed by atoms with van der Waals surface area (Å²) in [5.41, 5.74) is 0. The largest absolute Gasteiger partial charge is 0.396 e. The lowest BCUT2D eigenvalue weighted by atomic mass is 9.88. The predicted molar refractivity (Wildman–Crippen MR) is 62.9 cm³/mol. The number of fused-ring (bicyclic) bond motifs is 2. The fraction of sp³-hybridized carbons (Fsp3) is 0.923. The van der Waals surface area contributed by atoms with Gasteiger partial charge < -0.3 is 10.4 Å². The molecule has 4 atom stereocenters. The molecule has 0 heterocycles. The van der Waals surface area contributed by atoms with Gasteiger partial charge in [-0.2, -0.15) is 0 Å². The first kappa shape index (κ1) is 11.9. The monoisotopic (exact) mass is 225 g/mol. The summed E-state index contributed by atoms with van der Waals surface area (Å²) >= 11 is 0. The van der Waals surface area contributed by atoms with Crippen LogP contribution in [-0.4, -0.2) is 23.7 Å². The van der Waals surface area contributed by atoms with E-state index in [1.54, 1.807) is 0 Å². The van der Waals surface area contributed by atoms with E-state index in [-0.39, 0.29) is 24.5 Å². The number of rotatable bonds is 5. The molecule has 2 aliphatic rings. The molecule has 2 N–H and O–H groups in total. The molecule has 0 aromatic heterocycles. The van der Waals surface area contributed by atoms with E-state index in [4.69, 9.17) is 5.11 Å². The smallest absolute Gasteiger partial charge is 0.223 e. The Bertz CT molecular complexity index is 254. The number of nitrogens with one attached hydrogen (secondary N) is 1. The van der Waals surface area contributed by atoms with Crippen molar-refractivity contribution in [3.63, 3.8) is 0 Å². The molecule has 0 aromatic carbocycles. The molecule has 0 radical (unpaired) electrons. The number of aliphatic hydroxyl groups excluding tert-OH is 1. The third-order valence-corrected chi connectivity index (χ3v) is 4.39. The highest BCUT2D eigenvalue weighted by Crippen LogP contribution is 2.48. The van der Waals surface area contributed by atoms with E-state index >= 15 is 0 Å². The summed E-state index contributed by atoms with van der Waals surface area (Å²) < 4.78 is 0. The van der Waals surface area contributed by atoms with E-state index in [2.05, 4.69) is 12.2 Å². The van der Waals surface area contributed by atoms with E-state index in [1.165, 1.54) is 19.3 Å². The van der Waals surface area contributed by atoms with Gasteiger partial charge in [-0.3, -0.25) is 4.79 Å². The third kappa shape index (κ3) is 2.40. The molecular weight excluding hydrogens is 202 g/mol. The molecule has 0 saturated heterocycles. The van der Waals surface area contributed by atoms with Crippen LogP contribution >= 0.6 is 0 Å². The summed E-state index contributed by atoms with van der Waals surface area (Å²) in [6, 6.07) is 0.164. The minimum absolute atomic E-state index is 0.162. The molecular formula is C13H23NO2. The molecule has 2 aliphatic carbocycles. The van der Waals surface area contributed by atoms with Crippen LogP contribution in [0.4, 0.5) is 0 Å². The Morgan fingerprint density at radius 2 is 2.25 bits per heavy atom. The minimum Gasteiger partial charge on any atom is -0.396 e. The van der Waals surface area contributed by atoms with Gasteiger partial charge in [0.15, 0.2) is 0 Å². The van der Waals surface area contributed by atoms with Crippen molar-refractivity contribution in [1.29, 1.82) is 0 Å². The fourth-order valence-electron chi connectivity index (χ4n) is 3.41. The van der Waals surface area contributed by atoms with E-state index in [0.29, 0.717) is 12.3 Å². The first-order valence-corrected chi connectivity index (χ1v) is 6.65. The van der Waals surface area contributed by atoms with Gasteiger partial charge in [0.1, 0.15) is 0 Å². The highest BCUT2D eigenvalue weighted by Gasteiger charge is 2.43. The Kier molecular flexibility index (Phi) is 3.85. The van der Waals surface area contributed by atoms with Crippen LogP contribution in [0.3, 0.4) is 0 Å². The third-order valence-electron chi connectivity index (χ3n) is 4.39. The topological polar surface area (TPSA) is 49.3 Å². The standard InChI is InChI=1S/C13H23NO2/c1-2-11(5-6-15)14-13(16)12-8-9-3-4-10(12)7-9/h9-12,15H,2-8H2,1H3,(H,14,16). The summed E-state index contributed by atoms with van der Waals surface area (Å²) in [5.74, 6) is 1.98. The van der Waals surface area contributed by atoms with Crippen LogP contribution in [0.1, 0.15) is 45.4 Å². The molecule has 0 aliphatic heterocycles. The molecule has 3 heteroatoms. The summed E-state index contributed by atoms with van der Waals surface area (Å²) in [5, 5.41) is 12.0. The maximum absolute atomic E-state index is 12.1. The zero-order chi connectivity index (χ0) is 11.5. The molecule has 2 saturated carbocycles. The number of hydrogen-bond donors (Lipinski definition) is 2. The molecule has 1 amide bonds.